The third kappa shape index (κ3) is 4.41. The van der Waals surface area contributed by atoms with E-state index in [0.717, 1.165) is 19.5 Å². The number of nitrogens with zero attached hydrogens (tertiary/aromatic N) is 1. The minimum Gasteiger partial charge on any atom is -0.369 e. The molecule has 0 amide bonds. The van der Waals surface area contributed by atoms with Gasteiger partial charge in [-0.2, -0.15) is 0 Å². The van der Waals surface area contributed by atoms with E-state index in [2.05, 4.69) is 53.4 Å². The Morgan fingerprint density at radius 2 is 1.39 bits per heavy atom. The van der Waals surface area contributed by atoms with Gasteiger partial charge in [-0.1, -0.05) is 60.7 Å². The summed E-state index contributed by atoms with van der Waals surface area (Å²) < 4.78 is 6.24. The first kappa shape index (κ1) is 16.2. The molecule has 2 aromatic carbocycles. The molecule has 1 fully saturated rings. The molecule has 3 heteroatoms. The van der Waals surface area contributed by atoms with Crippen LogP contribution in [0.15, 0.2) is 60.7 Å². The maximum atomic E-state index is 6.29. The Kier molecular flexibility index (Phi) is 5.81. The average Bonchev–Trinajstić information content (AvgIpc) is 3.15. The fraction of sp³-hybridized carbons (Fsp3) is 0.400. The molecule has 0 saturated carbocycles. The highest BCUT2D eigenvalue weighted by Crippen LogP contribution is 2.26. The van der Waals surface area contributed by atoms with E-state index >= 15 is 0 Å². The van der Waals surface area contributed by atoms with Crippen molar-refractivity contribution in [3.63, 3.8) is 0 Å². The maximum Gasteiger partial charge on any atom is 0.108 e. The summed E-state index contributed by atoms with van der Waals surface area (Å²) in [5, 5.41) is 0. The Morgan fingerprint density at radius 3 is 1.91 bits per heavy atom. The normalized spacial score (nSPS) is 16.8. The van der Waals surface area contributed by atoms with E-state index in [4.69, 9.17) is 10.5 Å². The van der Waals surface area contributed by atoms with Gasteiger partial charge in [0.05, 0.1) is 12.8 Å². The molecule has 0 aliphatic carbocycles. The van der Waals surface area contributed by atoms with Crippen molar-refractivity contribution in [3.8, 4) is 0 Å². The number of rotatable bonds is 7. The lowest BCUT2D eigenvalue weighted by Gasteiger charge is -2.25. The van der Waals surface area contributed by atoms with Crippen LogP contribution in [-0.2, 0) is 4.74 Å². The Morgan fingerprint density at radius 1 is 0.870 bits per heavy atom. The second-order valence-electron chi connectivity index (χ2n) is 6.17. The van der Waals surface area contributed by atoms with Crippen LogP contribution in [-0.4, -0.2) is 30.8 Å². The van der Waals surface area contributed by atoms with Crippen LogP contribution < -0.4 is 5.73 Å². The summed E-state index contributed by atoms with van der Waals surface area (Å²) >= 11 is 0. The molecule has 0 radical (unpaired) electrons. The number of benzene rings is 2. The van der Waals surface area contributed by atoms with Gasteiger partial charge in [-0.3, -0.25) is 4.90 Å². The highest BCUT2D eigenvalue weighted by atomic mass is 16.5. The van der Waals surface area contributed by atoms with Crippen molar-refractivity contribution in [1.82, 2.24) is 4.90 Å². The predicted molar refractivity (Wildman–Crippen MR) is 94.1 cm³/mol. The maximum absolute atomic E-state index is 6.29. The van der Waals surface area contributed by atoms with Crippen molar-refractivity contribution in [3.05, 3.63) is 71.8 Å². The third-order valence-corrected chi connectivity index (χ3v) is 4.51. The van der Waals surface area contributed by atoms with E-state index in [9.17, 15) is 0 Å². The summed E-state index contributed by atoms with van der Waals surface area (Å²) in [7, 11) is 0. The van der Waals surface area contributed by atoms with E-state index in [1.807, 2.05) is 12.1 Å². The van der Waals surface area contributed by atoms with Gasteiger partial charge >= 0.3 is 0 Å². The van der Waals surface area contributed by atoms with Gasteiger partial charge < -0.3 is 10.5 Å². The molecular formula is C20H26N2O. The first-order valence-corrected chi connectivity index (χ1v) is 8.56. The number of hydrogen-bond donors (Lipinski definition) is 1. The summed E-state index contributed by atoms with van der Waals surface area (Å²) in [4.78, 5) is 2.36. The van der Waals surface area contributed by atoms with E-state index in [1.165, 1.54) is 24.0 Å². The molecule has 1 saturated heterocycles. The van der Waals surface area contributed by atoms with Crippen LogP contribution in [0.2, 0.25) is 0 Å². The molecule has 1 heterocycles. The summed E-state index contributed by atoms with van der Waals surface area (Å²) in [5.74, 6) is 0. The van der Waals surface area contributed by atoms with E-state index < -0.39 is 0 Å². The van der Waals surface area contributed by atoms with Crippen molar-refractivity contribution in [2.24, 2.45) is 5.73 Å². The molecule has 0 spiro atoms. The minimum atomic E-state index is -0.0248. The number of ether oxygens (including phenoxy) is 1. The number of hydrogen-bond acceptors (Lipinski definition) is 3. The SMILES string of the molecule is NC(CCOC(c1ccccc1)c1ccccc1)N1CCCC1. The highest BCUT2D eigenvalue weighted by Gasteiger charge is 2.19. The van der Waals surface area contributed by atoms with Crippen molar-refractivity contribution >= 4 is 0 Å². The highest BCUT2D eigenvalue weighted by molar-refractivity contribution is 5.29. The Balaban J connectivity index is 1.62. The Bertz CT molecular complexity index is 527. The van der Waals surface area contributed by atoms with E-state index in [-0.39, 0.29) is 12.3 Å². The van der Waals surface area contributed by atoms with Crippen LogP contribution in [0, 0.1) is 0 Å². The summed E-state index contributed by atoms with van der Waals surface area (Å²) in [6.45, 7) is 2.93. The number of nitrogens with two attached hydrogens (primary N) is 1. The second kappa shape index (κ2) is 8.25. The Hall–Kier alpha value is -1.68. The van der Waals surface area contributed by atoms with Gasteiger partial charge in [0.15, 0.2) is 0 Å². The monoisotopic (exact) mass is 310 g/mol. The van der Waals surface area contributed by atoms with Crippen LogP contribution >= 0.6 is 0 Å². The van der Waals surface area contributed by atoms with Crippen LogP contribution in [0.3, 0.4) is 0 Å². The lowest BCUT2D eigenvalue weighted by atomic mass is 10.0. The Labute approximate surface area is 139 Å². The molecule has 122 valence electrons. The van der Waals surface area contributed by atoms with Crippen molar-refractivity contribution in [2.45, 2.75) is 31.5 Å². The molecule has 1 aliphatic rings. The molecule has 23 heavy (non-hydrogen) atoms. The minimum absolute atomic E-state index is 0.0248. The molecule has 1 aliphatic heterocycles. The molecule has 3 rings (SSSR count). The predicted octanol–water partition coefficient (Wildman–Crippen LogP) is 3.56. The first-order valence-electron chi connectivity index (χ1n) is 8.56. The number of likely N-dealkylation sites (tertiary alicyclic amines) is 1. The summed E-state index contributed by atoms with van der Waals surface area (Å²) in [5.41, 5.74) is 8.67. The largest absolute Gasteiger partial charge is 0.369 e. The molecule has 0 aromatic heterocycles. The zero-order valence-electron chi connectivity index (χ0n) is 13.6. The van der Waals surface area contributed by atoms with Gasteiger partial charge in [0, 0.05) is 0 Å². The van der Waals surface area contributed by atoms with Gasteiger partial charge in [0.1, 0.15) is 6.10 Å². The van der Waals surface area contributed by atoms with Crippen molar-refractivity contribution in [2.75, 3.05) is 19.7 Å². The van der Waals surface area contributed by atoms with Gasteiger partial charge in [-0.25, -0.2) is 0 Å². The molecule has 3 nitrogen and oxygen atoms in total. The quantitative estimate of drug-likeness (QED) is 0.850. The van der Waals surface area contributed by atoms with Crippen LogP contribution in [0.25, 0.3) is 0 Å². The van der Waals surface area contributed by atoms with Crippen LogP contribution in [0.5, 0.6) is 0 Å². The zero-order valence-corrected chi connectivity index (χ0v) is 13.6. The lowest BCUT2D eigenvalue weighted by Crippen LogP contribution is -2.40. The average molecular weight is 310 g/mol. The molecule has 1 atom stereocenters. The third-order valence-electron chi connectivity index (χ3n) is 4.51. The van der Waals surface area contributed by atoms with Crippen LogP contribution in [0.4, 0.5) is 0 Å². The first-order chi connectivity index (χ1) is 11.3. The fourth-order valence-electron chi connectivity index (χ4n) is 3.20. The van der Waals surface area contributed by atoms with Gasteiger partial charge in [-0.05, 0) is 43.5 Å². The summed E-state index contributed by atoms with van der Waals surface area (Å²) in [6.07, 6.45) is 3.50. The smallest absolute Gasteiger partial charge is 0.108 e. The lowest BCUT2D eigenvalue weighted by molar-refractivity contribution is 0.0617. The zero-order chi connectivity index (χ0) is 15.9. The van der Waals surface area contributed by atoms with Gasteiger partial charge in [-0.15, -0.1) is 0 Å². The van der Waals surface area contributed by atoms with E-state index in [0.29, 0.717) is 6.61 Å². The van der Waals surface area contributed by atoms with Crippen LogP contribution in [0.1, 0.15) is 36.5 Å². The molecule has 1 unspecified atom stereocenters. The summed E-state index contributed by atoms with van der Waals surface area (Å²) in [6, 6.07) is 20.8. The van der Waals surface area contributed by atoms with E-state index in [1.54, 1.807) is 0 Å². The molecule has 2 aromatic rings. The standard InChI is InChI=1S/C20H26N2O/c21-19(22-14-7-8-15-22)13-16-23-20(17-9-3-1-4-10-17)18-11-5-2-6-12-18/h1-6,9-12,19-20H,7-8,13-16,21H2. The van der Waals surface area contributed by atoms with Crippen molar-refractivity contribution in [1.29, 1.82) is 0 Å². The molecule has 0 bridgehead atoms. The topological polar surface area (TPSA) is 38.5 Å². The van der Waals surface area contributed by atoms with Gasteiger partial charge in [0.25, 0.3) is 0 Å². The van der Waals surface area contributed by atoms with Gasteiger partial charge in [0.2, 0.25) is 0 Å². The second-order valence-corrected chi connectivity index (χ2v) is 6.17. The molecular weight excluding hydrogens is 284 g/mol. The molecule has 2 N–H and O–H groups in total. The van der Waals surface area contributed by atoms with Crippen molar-refractivity contribution < 1.29 is 4.74 Å². The fourth-order valence-corrected chi connectivity index (χ4v) is 3.20.